The Morgan fingerprint density at radius 1 is 1.22 bits per heavy atom. The normalized spacial score (nSPS) is 11.0. The Hall–Kier alpha value is -3.00. The van der Waals surface area contributed by atoms with Crippen LogP contribution >= 0.6 is 11.3 Å². The number of imidazole rings is 1. The van der Waals surface area contributed by atoms with Gasteiger partial charge in [-0.2, -0.15) is 0 Å². The van der Waals surface area contributed by atoms with Gasteiger partial charge in [-0.3, -0.25) is 14.5 Å². The van der Waals surface area contributed by atoms with E-state index in [-0.39, 0.29) is 11.8 Å². The van der Waals surface area contributed by atoms with E-state index < -0.39 is 0 Å². The van der Waals surface area contributed by atoms with Gasteiger partial charge in [0.25, 0.3) is 5.91 Å². The van der Waals surface area contributed by atoms with Crippen LogP contribution < -0.4 is 10.2 Å². The molecule has 0 saturated heterocycles. The number of aryl methyl sites for hydroxylation is 2. The van der Waals surface area contributed by atoms with E-state index in [9.17, 15) is 9.59 Å². The maximum absolute atomic E-state index is 13.0. The Bertz CT molecular complexity index is 969. The number of nitrogens with one attached hydrogen (secondary N) is 1. The van der Waals surface area contributed by atoms with Gasteiger partial charge in [0.2, 0.25) is 5.91 Å². The lowest BCUT2D eigenvalue weighted by atomic mass is 10.1. The highest BCUT2D eigenvalue weighted by molar-refractivity contribution is 7.17. The molecule has 2 heterocycles. The number of carbonyl (C=O) groups excluding carboxylic acids is 2. The van der Waals surface area contributed by atoms with Crippen LogP contribution in [0.4, 0.5) is 5.13 Å². The predicted octanol–water partition coefficient (Wildman–Crippen LogP) is 4.17. The number of anilines is 1. The van der Waals surface area contributed by atoms with Crippen LogP contribution in [0.15, 0.2) is 55.2 Å². The maximum Gasteiger partial charge on any atom is 0.263 e. The first kappa shape index (κ1) is 23.7. The minimum atomic E-state index is -0.153. The van der Waals surface area contributed by atoms with Crippen molar-refractivity contribution in [2.75, 3.05) is 18.0 Å². The van der Waals surface area contributed by atoms with Gasteiger partial charge in [0, 0.05) is 38.4 Å². The monoisotopic (exact) mass is 453 g/mol. The average molecular weight is 454 g/mol. The maximum atomic E-state index is 13.0. The number of thiazole rings is 1. The summed E-state index contributed by atoms with van der Waals surface area (Å²) in [4.78, 5) is 36.2. The molecule has 0 fully saturated rings. The number of aromatic nitrogens is 3. The Balaban J connectivity index is 1.57. The van der Waals surface area contributed by atoms with Gasteiger partial charge >= 0.3 is 0 Å². The first-order chi connectivity index (χ1) is 15.5. The molecule has 8 heteroatoms. The lowest BCUT2D eigenvalue weighted by Gasteiger charge is -2.21. The third-order valence-electron chi connectivity index (χ3n) is 5.09. The molecular formula is C24H31N5O2S. The van der Waals surface area contributed by atoms with Gasteiger partial charge in [-0.25, -0.2) is 9.97 Å². The molecule has 1 aromatic carbocycles. The SMILES string of the molecule is CC(C)CCN(C(=O)CCc1ccccc1)c1ncc(C(=O)NCCCn2ccnc2)s1. The molecule has 0 aliphatic carbocycles. The van der Waals surface area contributed by atoms with Gasteiger partial charge in [-0.15, -0.1) is 0 Å². The van der Waals surface area contributed by atoms with E-state index in [2.05, 4.69) is 29.1 Å². The fourth-order valence-corrected chi connectivity index (χ4v) is 4.09. The van der Waals surface area contributed by atoms with E-state index in [0.717, 1.165) is 24.9 Å². The van der Waals surface area contributed by atoms with Crippen LogP contribution in [-0.2, 0) is 17.8 Å². The molecular weight excluding hydrogens is 422 g/mol. The van der Waals surface area contributed by atoms with Crippen molar-refractivity contribution < 1.29 is 9.59 Å². The average Bonchev–Trinajstić information content (AvgIpc) is 3.48. The minimum absolute atomic E-state index is 0.0381. The third kappa shape index (κ3) is 7.30. The first-order valence-electron chi connectivity index (χ1n) is 11.1. The Morgan fingerprint density at radius 2 is 2.03 bits per heavy atom. The summed E-state index contributed by atoms with van der Waals surface area (Å²) in [5, 5.41) is 3.52. The number of nitrogens with zero attached hydrogens (tertiary/aromatic N) is 4. The number of amides is 2. The van der Waals surface area contributed by atoms with E-state index in [1.165, 1.54) is 11.3 Å². The molecule has 0 radical (unpaired) electrons. The second kappa shape index (κ2) is 12.1. The molecule has 0 atom stereocenters. The summed E-state index contributed by atoms with van der Waals surface area (Å²) in [6.45, 7) is 6.24. The van der Waals surface area contributed by atoms with Crippen molar-refractivity contribution in [3.63, 3.8) is 0 Å². The largest absolute Gasteiger partial charge is 0.351 e. The van der Waals surface area contributed by atoms with Crippen LogP contribution in [0.2, 0.25) is 0 Å². The zero-order chi connectivity index (χ0) is 22.8. The number of rotatable bonds is 12. The Labute approximate surface area is 193 Å². The van der Waals surface area contributed by atoms with Crippen LogP contribution in [0.25, 0.3) is 0 Å². The molecule has 0 unspecified atom stereocenters. The van der Waals surface area contributed by atoms with Crippen molar-refractivity contribution in [2.45, 2.75) is 46.1 Å². The molecule has 2 amide bonds. The summed E-state index contributed by atoms with van der Waals surface area (Å²) < 4.78 is 1.98. The van der Waals surface area contributed by atoms with Gasteiger partial charge in [-0.05, 0) is 30.7 Å². The summed E-state index contributed by atoms with van der Waals surface area (Å²) in [6.07, 6.45) is 9.76. The summed E-state index contributed by atoms with van der Waals surface area (Å²) in [7, 11) is 0. The second-order valence-corrected chi connectivity index (χ2v) is 9.14. The highest BCUT2D eigenvalue weighted by atomic mass is 32.1. The number of benzene rings is 1. The molecule has 3 aromatic rings. The van der Waals surface area contributed by atoms with E-state index in [1.54, 1.807) is 23.6 Å². The molecule has 3 rings (SSSR count). The van der Waals surface area contributed by atoms with Crippen molar-refractivity contribution in [3.05, 3.63) is 65.7 Å². The second-order valence-electron chi connectivity index (χ2n) is 8.13. The molecule has 170 valence electrons. The van der Waals surface area contributed by atoms with E-state index in [1.807, 2.05) is 41.1 Å². The van der Waals surface area contributed by atoms with Crippen molar-refractivity contribution in [3.8, 4) is 0 Å². The Morgan fingerprint density at radius 3 is 2.75 bits per heavy atom. The van der Waals surface area contributed by atoms with E-state index in [4.69, 9.17) is 0 Å². The number of hydrogen-bond donors (Lipinski definition) is 1. The zero-order valence-corrected chi connectivity index (χ0v) is 19.6. The summed E-state index contributed by atoms with van der Waals surface area (Å²) in [5.41, 5.74) is 1.14. The molecule has 0 bridgehead atoms. The van der Waals surface area contributed by atoms with E-state index in [0.29, 0.717) is 41.9 Å². The zero-order valence-electron chi connectivity index (χ0n) is 18.7. The van der Waals surface area contributed by atoms with Crippen molar-refractivity contribution >= 4 is 28.3 Å². The Kier molecular flexibility index (Phi) is 8.98. The third-order valence-corrected chi connectivity index (χ3v) is 6.11. The molecule has 1 N–H and O–H groups in total. The molecule has 2 aromatic heterocycles. The van der Waals surface area contributed by atoms with Crippen molar-refractivity contribution in [2.24, 2.45) is 5.92 Å². The van der Waals surface area contributed by atoms with Crippen LogP contribution in [0.5, 0.6) is 0 Å². The van der Waals surface area contributed by atoms with Crippen LogP contribution in [-0.4, -0.2) is 39.4 Å². The molecule has 0 aliphatic rings. The van der Waals surface area contributed by atoms with Crippen LogP contribution in [0.1, 0.15) is 48.3 Å². The summed E-state index contributed by atoms with van der Waals surface area (Å²) in [5.74, 6) is 0.355. The lowest BCUT2D eigenvalue weighted by molar-refractivity contribution is -0.118. The molecule has 7 nitrogen and oxygen atoms in total. The smallest absolute Gasteiger partial charge is 0.263 e. The van der Waals surface area contributed by atoms with Gasteiger partial charge in [-0.1, -0.05) is 55.5 Å². The fourth-order valence-electron chi connectivity index (χ4n) is 3.21. The van der Waals surface area contributed by atoms with Crippen molar-refractivity contribution in [1.29, 1.82) is 0 Å². The highest BCUT2D eigenvalue weighted by Gasteiger charge is 2.21. The van der Waals surface area contributed by atoms with Gasteiger partial charge < -0.3 is 9.88 Å². The first-order valence-corrected chi connectivity index (χ1v) is 11.9. The molecule has 0 saturated carbocycles. The molecule has 32 heavy (non-hydrogen) atoms. The van der Waals surface area contributed by atoms with Crippen molar-refractivity contribution in [1.82, 2.24) is 19.9 Å². The fraction of sp³-hybridized carbons (Fsp3) is 0.417. The number of carbonyl (C=O) groups is 2. The quantitative estimate of drug-likeness (QED) is 0.417. The van der Waals surface area contributed by atoms with Gasteiger partial charge in [0.05, 0.1) is 12.5 Å². The summed E-state index contributed by atoms with van der Waals surface area (Å²) in [6, 6.07) is 10.0. The number of hydrogen-bond acceptors (Lipinski definition) is 5. The minimum Gasteiger partial charge on any atom is -0.351 e. The standard InChI is InChI=1S/C24H31N5O2S/c1-19(2)11-15-29(22(30)10-9-20-7-4-3-5-8-20)24-27-17-21(32-24)23(31)26-12-6-14-28-16-13-25-18-28/h3-5,7-8,13,16-19H,6,9-12,14-15H2,1-2H3,(H,26,31). The van der Waals surface area contributed by atoms with Crippen LogP contribution in [0.3, 0.4) is 0 Å². The molecule has 0 spiro atoms. The predicted molar refractivity (Wildman–Crippen MR) is 128 cm³/mol. The van der Waals surface area contributed by atoms with Gasteiger partial charge in [0.15, 0.2) is 5.13 Å². The van der Waals surface area contributed by atoms with Gasteiger partial charge in [0.1, 0.15) is 4.88 Å². The highest BCUT2D eigenvalue weighted by Crippen LogP contribution is 2.24. The summed E-state index contributed by atoms with van der Waals surface area (Å²) >= 11 is 1.27. The topological polar surface area (TPSA) is 80.1 Å². The lowest BCUT2D eigenvalue weighted by Crippen LogP contribution is -2.32. The molecule has 0 aliphatic heterocycles. The van der Waals surface area contributed by atoms with E-state index >= 15 is 0 Å². The van der Waals surface area contributed by atoms with Crippen LogP contribution in [0, 0.1) is 5.92 Å².